The lowest BCUT2D eigenvalue weighted by molar-refractivity contribution is -0.123. The molecule has 116 valence electrons. The molecule has 0 spiro atoms. The van der Waals surface area contributed by atoms with Crippen molar-refractivity contribution in [3.05, 3.63) is 29.5 Å². The Morgan fingerprint density at radius 1 is 1.41 bits per heavy atom. The van der Waals surface area contributed by atoms with Gasteiger partial charge in [-0.15, -0.1) is 0 Å². The van der Waals surface area contributed by atoms with Crippen molar-refractivity contribution in [2.24, 2.45) is 24.8 Å². The van der Waals surface area contributed by atoms with Gasteiger partial charge in [0.25, 0.3) is 0 Å². The number of carbonyl (C=O) groups is 1. The number of fused-ring (bicyclic) bond motifs is 2. The Bertz CT molecular complexity index is 740. The van der Waals surface area contributed by atoms with Crippen LogP contribution in [-0.4, -0.2) is 28.8 Å². The Balaban J connectivity index is 1.57. The van der Waals surface area contributed by atoms with Crippen LogP contribution in [0.5, 0.6) is 0 Å². The van der Waals surface area contributed by atoms with Gasteiger partial charge in [0.05, 0.1) is 17.3 Å². The van der Waals surface area contributed by atoms with Gasteiger partial charge in [0.2, 0.25) is 5.91 Å². The van der Waals surface area contributed by atoms with Crippen LogP contribution in [0, 0.1) is 24.7 Å². The first-order chi connectivity index (χ1) is 10.6. The maximum Gasteiger partial charge on any atom is 0.224 e. The fourth-order valence-corrected chi connectivity index (χ4v) is 4.07. The predicted octanol–water partition coefficient (Wildman–Crippen LogP) is 1.52. The minimum atomic E-state index is -0.0627. The smallest absolute Gasteiger partial charge is 0.224 e. The minimum absolute atomic E-state index is 0.0627. The van der Waals surface area contributed by atoms with Crippen LogP contribution in [0.2, 0.25) is 0 Å². The summed E-state index contributed by atoms with van der Waals surface area (Å²) in [5.41, 5.74) is 3.31. The molecule has 5 nitrogen and oxygen atoms in total. The van der Waals surface area contributed by atoms with Crippen molar-refractivity contribution in [2.75, 3.05) is 13.1 Å². The van der Waals surface area contributed by atoms with Crippen LogP contribution in [0.3, 0.4) is 0 Å². The zero-order chi connectivity index (χ0) is 15.4. The van der Waals surface area contributed by atoms with Crippen LogP contribution < -0.4 is 10.6 Å². The van der Waals surface area contributed by atoms with Gasteiger partial charge in [0.1, 0.15) is 0 Å². The second kappa shape index (κ2) is 4.81. The largest absolute Gasteiger partial charge is 0.348 e. The van der Waals surface area contributed by atoms with Crippen molar-refractivity contribution in [1.82, 2.24) is 20.4 Å². The molecule has 1 amide bonds. The summed E-state index contributed by atoms with van der Waals surface area (Å²) >= 11 is 0. The molecule has 1 saturated carbocycles. The number of rotatable bonds is 3. The van der Waals surface area contributed by atoms with Crippen LogP contribution in [0.25, 0.3) is 10.9 Å². The highest BCUT2D eigenvalue weighted by molar-refractivity contribution is 5.87. The Morgan fingerprint density at radius 2 is 2.14 bits per heavy atom. The summed E-state index contributed by atoms with van der Waals surface area (Å²) in [5.74, 6) is 1.50. The van der Waals surface area contributed by atoms with Gasteiger partial charge in [0, 0.05) is 18.4 Å². The maximum atomic E-state index is 12.4. The number of para-hydroxylation sites is 1. The van der Waals surface area contributed by atoms with Crippen molar-refractivity contribution in [3.8, 4) is 0 Å². The molecule has 1 aromatic carbocycles. The van der Waals surface area contributed by atoms with Crippen molar-refractivity contribution < 1.29 is 4.79 Å². The van der Waals surface area contributed by atoms with E-state index in [2.05, 4.69) is 34.8 Å². The summed E-state index contributed by atoms with van der Waals surface area (Å²) in [4.78, 5) is 12.4. The number of amides is 1. The predicted molar refractivity (Wildman–Crippen MR) is 85.3 cm³/mol. The molecule has 1 aliphatic carbocycles. The van der Waals surface area contributed by atoms with Crippen LogP contribution in [0.15, 0.2) is 18.2 Å². The first kappa shape index (κ1) is 13.8. The number of aryl methyl sites for hydroxylation is 2. The molecular weight excluding hydrogens is 276 g/mol. The fraction of sp³-hybridized carbons (Fsp3) is 0.529. The first-order valence-corrected chi connectivity index (χ1v) is 8.01. The molecule has 5 heteroatoms. The quantitative estimate of drug-likeness (QED) is 0.903. The van der Waals surface area contributed by atoms with Gasteiger partial charge >= 0.3 is 0 Å². The fourth-order valence-electron chi connectivity index (χ4n) is 4.07. The normalized spacial score (nSPS) is 27.7. The van der Waals surface area contributed by atoms with Crippen molar-refractivity contribution in [2.45, 2.75) is 19.9 Å². The number of aromatic nitrogens is 2. The molecule has 1 aromatic heterocycles. The number of piperidine rings is 1. The zero-order valence-electron chi connectivity index (χ0n) is 13.3. The Morgan fingerprint density at radius 3 is 2.86 bits per heavy atom. The van der Waals surface area contributed by atoms with E-state index in [1.165, 1.54) is 5.56 Å². The molecule has 1 unspecified atom stereocenters. The van der Waals surface area contributed by atoms with E-state index in [9.17, 15) is 4.79 Å². The van der Waals surface area contributed by atoms with Crippen LogP contribution in [0.4, 0.5) is 0 Å². The average Bonchev–Trinajstić information content (AvgIpc) is 2.82. The van der Waals surface area contributed by atoms with E-state index in [-0.39, 0.29) is 17.9 Å². The molecule has 2 aliphatic rings. The number of benzene rings is 1. The zero-order valence-corrected chi connectivity index (χ0v) is 13.3. The lowest BCUT2D eigenvalue weighted by atomic mass is 10.1. The van der Waals surface area contributed by atoms with Gasteiger partial charge in [-0.1, -0.05) is 18.2 Å². The molecule has 4 rings (SSSR count). The summed E-state index contributed by atoms with van der Waals surface area (Å²) in [5, 5.41) is 12.3. The third-order valence-corrected chi connectivity index (χ3v) is 5.26. The summed E-state index contributed by atoms with van der Waals surface area (Å²) in [6.07, 6.45) is 0. The standard InChI is InChI=1S/C17H22N4O/c1-9-5-4-6-11-15(20-21(3)16(9)11)10(2)19-17(22)14-12-7-18-8-13(12)14/h4-6,10,12-14,18H,7-8H2,1-3H3,(H,19,22)/t10?,12-,13+,14+. The van der Waals surface area contributed by atoms with Crippen LogP contribution in [0.1, 0.15) is 24.2 Å². The molecule has 0 bridgehead atoms. The third-order valence-electron chi connectivity index (χ3n) is 5.26. The van der Waals surface area contributed by atoms with E-state index in [4.69, 9.17) is 0 Å². The van der Waals surface area contributed by atoms with Gasteiger partial charge in [0.15, 0.2) is 0 Å². The molecule has 0 radical (unpaired) electrons. The average molecular weight is 298 g/mol. The van der Waals surface area contributed by atoms with E-state index in [0.717, 1.165) is 29.7 Å². The molecule has 2 heterocycles. The number of nitrogens with one attached hydrogen (secondary N) is 2. The van der Waals surface area contributed by atoms with Crippen molar-refractivity contribution >= 4 is 16.8 Å². The van der Waals surface area contributed by atoms with Gasteiger partial charge < -0.3 is 10.6 Å². The topological polar surface area (TPSA) is 59.0 Å². The van der Waals surface area contributed by atoms with Crippen molar-refractivity contribution in [3.63, 3.8) is 0 Å². The molecular formula is C17H22N4O. The number of carbonyl (C=O) groups excluding carboxylic acids is 1. The highest BCUT2D eigenvalue weighted by atomic mass is 16.2. The third kappa shape index (κ3) is 1.96. The summed E-state index contributed by atoms with van der Waals surface area (Å²) in [7, 11) is 1.96. The van der Waals surface area contributed by atoms with Crippen molar-refractivity contribution in [1.29, 1.82) is 0 Å². The minimum Gasteiger partial charge on any atom is -0.348 e. The summed E-state index contributed by atoms with van der Waals surface area (Å²) in [6, 6.07) is 6.17. The lowest BCUT2D eigenvalue weighted by Gasteiger charge is -2.13. The van der Waals surface area contributed by atoms with Gasteiger partial charge in [-0.3, -0.25) is 9.48 Å². The summed E-state index contributed by atoms with van der Waals surface area (Å²) in [6.45, 7) is 6.10. The van der Waals surface area contributed by atoms with Crippen LogP contribution in [-0.2, 0) is 11.8 Å². The molecule has 2 fully saturated rings. The highest BCUT2D eigenvalue weighted by Gasteiger charge is 2.56. The second-order valence-corrected chi connectivity index (χ2v) is 6.72. The highest BCUT2D eigenvalue weighted by Crippen LogP contribution is 2.48. The molecule has 1 aliphatic heterocycles. The maximum absolute atomic E-state index is 12.4. The Hall–Kier alpha value is -1.88. The molecule has 2 N–H and O–H groups in total. The van der Waals surface area contributed by atoms with E-state index in [1.54, 1.807) is 0 Å². The monoisotopic (exact) mass is 298 g/mol. The first-order valence-electron chi connectivity index (χ1n) is 8.01. The van der Waals surface area contributed by atoms with Gasteiger partial charge in [-0.05, 0) is 44.3 Å². The van der Waals surface area contributed by atoms with Gasteiger partial charge in [-0.25, -0.2) is 0 Å². The van der Waals surface area contributed by atoms with Gasteiger partial charge in [-0.2, -0.15) is 5.10 Å². The van der Waals surface area contributed by atoms with E-state index < -0.39 is 0 Å². The molecule has 4 atom stereocenters. The van der Waals surface area contributed by atoms with E-state index in [1.807, 2.05) is 24.7 Å². The number of hydrogen-bond acceptors (Lipinski definition) is 3. The summed E-state index contributed by atoms with van der Waals surface area (Å²) < 4.78 is 1.92. The Labute approximate surface area is 130 Å². The van der Waals surface area contributed by atoms with E-state index in [0.29, 0.717) is 11.8 Å². The van der Waals surface area contributed by atoms with Crippen LogP contribution >= 0.6 is 0 Å². The van der Waals surface area contributed by atoms with E-state index >= 15 is 0 Å². The molecule has 22 heavy (non-hydrogen) atoms. The molecule has 2 aromatic rings. The number of hydrogen-bond donors (Lipinski definition) is 2. The Kier molecular flexibility index (Phi) is 3.01. The number of nitrogens with zero attached hydrogens (tertiary/aromatic N) is 2. The molecule has 1 saturated heterocycles. The lowest BCUT2D eigenvalue weighted by Crippen LogP contribution is -2.32. The second-order valence-electron chi connectivity index (χ2n) is 6.72. The SMILES string of the molecule is Cc1cccc2c(C(C)NC(=O)[C@H]3[C@@H]4CNC[C@@H]43)nn(C)c12.